The van der Waals surface area contributed by atoms with Gasteiger partial charge in [0.1, 0.15) is 5.82 Å². The Morgan fingerprint density at radius 2 is 2.12 bits per heavy atom. The Hall–Kier alpha value is -1.57. The van der Waals surface area contributed by atoms with Gasteiger partial charge in [-0.05, 0) is 37.7 Å². The van der Waals surface area contributed by atoms with Crippen LogP contribution in [0.15, 0.2) is 24.3 Å². The van der Waals surface area contributed by atoms with Crippen molar-refractivity contribution in [1.29, 1.82) is 0 Å². The van der Waals surface area contributed by atoms with Crippen LogP contribution in [0.4, 0.5) is 0 Å². The summed E-state index contributed by atoms with van der Waals surface area (Å²) in [5.41, 5.74) is 5.14. The summed E-state index contributed by atoms with van der Waals surface area (Å²) in [6.07, 6.45) is 3.54. The number of aromatic nitrogens is 2. The molecule has 0 radical (unpaired) electrons. The number of hydrogen-bond acceptors (Lipinski definition) is 1. The van der Waals surface area contributed by atoms with Crippen LogP contribution in [0.2, 0.25) is 0 Å². The van der Waals surface area contributed by atoms with Crippen molar-refractivity contribution in [3.63, 3.8) is 0 Å². The van der Waals surface area contributed by atoms with Gasteiger partial charge in [-0.3, -0.25) is 0 Å². The third kappa shape index (κ3) is 1.88. The minimum Gasteiger partial charge on any atom is -0.342 e. The number of imidazole rings is 1. The molecule has 0 saturated carbocycles. The van der Waals surface area contributed by atoms with E-state index in [2.05, 4.69) is 43.1 Å². The molecular weight excluding hydrogens is 208 g/mol. The minimum absolute atomic E-state index is 0.785. The topological polar surface area (TPSA) is 28.7 Å². The zero-order valence-corrected chi connectivity index (χ0v) is 10.5. The number of fused-ring (bicyclic) bond motifs is 1. The van der Waals surface area contributed by atoms with Gasteiger partial charge in [0, 0.05) is 11.3 Å². The number of hydrogen-bond donors (Lipinski definition) is 1. The molecule has 2 heteroatoms. The zero-order valence-electron chi connectivity index (χ0n) is 10.5. The van der Waals surface area contributed by atoms with E-state index in [0.29, 0.717) is 0 Å². The Balaban J connectivity index is 2.03. The molecule has 1 heterocycles. The lowest BCUT2D eigenvalue weighted by atomic mass is 9.92. The first kappa shape index (κ1) is 10.6. The summed E-state index contributed by atoms with van der Waals surface area (Å²) in [6.45, 7) is 4.46. The summed E-state index contributed by atoms with van der Waals surface area (Å²) in [4.78, 5) is 8.27. The Morgan fingerprint density at radius 3 is 2.94 bits per heavy atom. The van der Waals surface area contributed by atoms with Crippen LogP contribution < -0.4 is 0 Å². The van der Waals surface area contributed by atoms with E-state index < -0.39 is 0 Å². The van der Waals surface area contributed by atoms with Crippen LogP contribution in [0, 0.1) is 12.8 Å². The molecule has 3 rings (SSSR count). The highest BCUT2D eigenvalue weighted by atomic mass is 14.9. The van der Waals surface area contributed by atoms with Crippen molar-refractivity contribution in [1.82, 2.24) is 9.97 Å². The lowest BCUT2D eigenvalue weighted by Crippen LogP contribution is -2.10. The van der Waals surface area contributed by atoms with E-state index in [1.807, 2.05) is 0 Å². The van der Waals surface area contributed by atoms with Crippen molar-refractivity contribution in [3.8, 4) is 11.4 Å². The quantitative estimate of drug-likeness (QED) is 0.792. The van der Waals surface area contributed by atoms with E-state index in [0.717, 1.165) is 24.6 Å². The highest BCUT2D eigenvalue weighted by molar-refractivity contribution is 5.60. The van der Waals surface area contributed by atoms with Crippen LogP contribution >= 0.6 is 0 Å². The van der Waals surface area contributed by atoms with Gasteiger partial charge in [0.2, 0.25) is 0 Å². The van der Waals surface area contributed by atoms with Crippen LogP contribution in [-0.2, 0) is 12.8 Å². The van der Waals surface area contributed by atoms with Gasteiger partial charge >= 0.3 is 0 Å². The molecule has 2 nitrogen and oxygen atoms in total. The van der Waals surface area contributed by atoms with Gasteiger partial charge < -0.3 is 4.98 Å². The molecule has 17 heavy (non-hydrogen) atoms. The Morgan fingerprint density at radius 1 is 1.29 bits per heavy atom. The van der Waals surface area contributed by atoms with Crippen LogP contribution in [0.1, 0.15) is 30.3 Å². The molecule has 1 aliphatic rings. The SMILES string of the molecule is Cc1ccccc1-c1nc2c([nH]1)CC(C)CC2. The van der Waals surface area contributed by atoms with E-state index in [-0.39, 0.29) is 0 Å². The van der Waals surface area contributed by atoms with Crippen molar-refractivity contribution < 1.29 is 0 Å². The summed E-state index contributed by atoms with van der Waals surface area (Å²) in [7, 11) is 0. The first-order chi connectivity index (χ1) is 8.24. The number of aromatic amines is 1. The van der Waals surface area contributed by atoms with Crippen molar-refractivity contribution >= 4 is 0 Å². The molecule has 0 saturated heterocycles. The Bertz CT molecular complexity index is 540. The second-order valence-electron chi connectivity index (χ2n) is 5.17. The van der Waals surface area contributed by atoms with E-state index >= 15 is 0 Å². The predicted molar refractivity (Wildman–Crippen MR) is 69.9 cm³/mol. The lowest BCUT2D eigenvalue weighted by Gasteiger charge is -2.15. The highest BCUT2D eigenvalue weighted by Crippen LogP contribution is 2.27. The molecule has 0 spiro atoms. The molecule has 0 fully saturated rings. The molecule has 0 bridgehead atoms. The molecule has 0 aliphatic heterocycles. The zero-order chi connectivity index (χ0) is 11.8. The largest absolute Gasteiger partial charge is 0.342 e. The second-order valence-corrected chi connectivity index (χ2v) is 5.17. The van der Waals surface area contributed by atoms with E-state index in [4.69, 9.17) is 4.98 Å². The van der Waals surface area contributed by atoms with Crippen LogP contribution in [0.25, 0.3) is 11.4 Å². The van der Waals surface area contributed by atoms with Gasteiger partial charge in [-0.2, -0.15) is 0 Å². The molecule has 0 amide bonds. The molecule has 1 aromatic carbocycles. The summed E-state index contributed by atoms with van der Waals surface area (Å²) < 4.78 is 0. The maximum absolute atomic E-state index is 4.76. The molecule has 2 aromatic rings. The molecule has 1 unspecified atom stereocenters. The van der Waals surface area contributed by atoms with E-state index in [1.54, 1.807) is 0 Å². The van der Waals surface area contributed by atoms with Crippen LogP contribution in [0.3, 0.4) is 0 Å². The van der Waals surface area contributed by atoms with Crippen molar-refractivity contribution in [3.05, 3.63) is 41.2 Å². The normalized spacial score (nSPS) is 19.1. The Labute approximate surface area is 102 Å². The number of H-pyrrole nitrogens is 1. The fourth-order valence-electron chi connectivity index (χ4n) is 2.62. The molecule has 1 atom stereocenters. The average Bonchev–Trinajstić information content (AvgIpc) is 2.72. The lowest BCUT2D eigenvalue weighted by molar-refractivity contribution is 0.492. The van der Waals surface area contributed by atoms with Crippen LogP contribution in [-0.4, -0.2) is 9.97 Å². The van der Waals surface area contributed by atoms with Crippen LogP contribution in [0.5, 0.6) is 0 Å². The molecule has 1 N–H and O–H groups in total. The predicted octanol–water partition coefficient (Wildman–Crippen LogP) is 3.51. The van der Waals surface area contributed by atoms with E-state index in [1.165, 1.54) is 28.9 Å². The molecule has 1 aromatic heterocycles. The highest BCUT2D eigenvalue weighted by Gasteiger charge is 2.19. The van der Waals surface area contributed by atoms with Crippen molar-refractivity contribution in [2.45, 2.75) is 33.1 Å². The third-order valence-electron chi connectivity index (χ3n) is 3.69. The van der Waals surface area contributed by atoms with Gasteiger partial charge in [0.05, 0.1) is 5.69 Å². The number of nitrogens with one attached hydrogen (secondary N) is 1. The van der Waals surface area contributed by atoms with Gasteiger partial charge in [0.15, 0.2) is 0 Å². The van der Waals surface area contributed by atoms with Crippen molar-refractivity contribution in [2.75, 3.05) is 0 Å². The fraction of sp³-hybridized carbons (Fsp3) is 0.400. The summed E-state index contributed by atoms with van der Waals surface area (Å²) in [6, 6.07) is 8.43. The second kappa shape index (κ2) is 4.02. The van der Waals surface area contributed by atoms with Gasteiger partial charge in [-0.15, -0.1) is 0 Å². The number of nitrogens with zero attached hydrogens (tertiary/aromatic N) is 1. The summed E-state index contributed by atoms with van der Waals surface area (Å²) in [5, 5.41) is 0. The molecule has 88 valence electrons. The van der Waals surface area contributed by atoms with E-state index in [9.17, 15) is 0 Å². The van der Waals surface area contributed by atoms with Gasteiger partial charge in [-0.1, -0.05) is 31.2 Å². The standard InChI is InChI=1S/C15H18N2/c1-10-7-8-13-14(9-10)17-15(16-13)12-6-4-3-5-11(12)2/h3-6,10H,7-9H2,1-2H3,(H,16,17). The number of aryl methyl sites for hydroxylation is 2. The first-order valence-corrected chi connectivity index (χ1v) is 6.38. The van der Waals surface area contributed by atoms with Gasteiger partial charge in [0.25, 0.3) is 0 Å². The minimum atomic E-state index is 0.785. The monoisotopic (exact) mass is 226 g/mol. The average molecular weight is 226 g/mol. The maximum Gasteiger partial charge on any atom is 0.138 e. The molecular formula is C15H18N2. The summed E-state index contributed by atoms with van der Waals surface area (Å²) >= 11 is 0. The number of benzene rings is 1. The Kier molecular flexibility index (Phi) is 2.50. The van der Waals surface area contributed by atoms with Gasteiger partial charge in [-0.25, -0.2) is 4.98 Å². The third-order valence-corrected chi connectivity index (χ3v) is 3.69. The number of rotatable bonds is 1. The maximum atomic E-state index is 4.76. The summed E-state index contributed by atoms with van der Waals surface area (Å²) in [5.74, 6) is 1.83. The van der Waals surface area contributed by atoms with Crippen molar-refractivity contribution in [2.24, 2.45) is 5.92 Å². The fourth-order valence-corrected chi connectivity index (χ4v) is 2.62. The first-order valence-electron chi connectivity index (χ1n) is 6.38. The molecule has 1 aliphatic carbocycles. The smallest absolute Gasteiger partial charge is 0.138 e.